The second-order valence-electron chi connectivity index (χ2n) is 3.92. The first-order valence-corrected chi connectivity index (χ1v) is 5.18. The van der Waals surface area contributed by atoms with E-state index >= 15 is 0 Å². The molecule has 1 unspecified atom stereocenters. The summed E-state index contributed by atoms with van der Waals surface area (Å²) in [5, 5.41) is 27.0. The van der Waals surface area contributed by atoms with E-state index in [1.165, 1.54) is 24.3 Å². The first kappa shape index (κ1) is 14.0. The number of carbonyl (C=O) groups is 2. The Balaban J connectivity index is 3.00. The highest BCUT2D eigenvalue weighted by molar-refractivity contribution is 5.84. The van der Waals surface area contributed by atoms with E-state index in [1.54, 1.807) is 0 Å². The lowest BCUT2D eigenvalue weighted by molar-refractivity contribution is -0.169. The molecule has 0 radical (unpaired) electrons. The molecule has 0 heterocycles. The summed E-state index contributed by atoms with van der Waals surface area (Å²) < 4.78 is 4.90. The van der Waals surface area contributed by atoms with Crippen LogP contribution in [0.4, 0.5) is 0 Å². The van der Waals surface area contributed by atoms with E-state index in [0.29, 0.717) is 5.56 Å². The maximum absolute atomic E-state index is 11.2. The number of hydrogen-bond acceptors (Lipinski definition) is 4. The van der Waals surface area contributed by atoms with Crippen molar-refractivity contribution < 1.29 is 29.6 Å². The van der Waals surface area contributed by atoms with Crippen LogP contribution < -0.4 is 0 Å². The van der Waals surface area contributed by atoms with E-state index < -0.39 is 24.0 Å². The van der Waals surface area contributed by atoms with Crippen LogP contribution in [0, 0.1) is 0 Å². The van der Waals surface area contributed by atoms with Crippen LogP contribution in [0.1, 0.15) is 12.0 Å². The number of benzene rings is 1. The molecule has 0 saturated carbocycles. The largest absolute Gasteiger partial charge is 0.508 e. The van der Waals surface area contributed by atoms with Gasteiger partial charge in [-0.05, 0) is 17.7 Å². The summed E-state index contributed by atoms with van der Waals surface area (Å²) in [5.74, 6) is -2.53. The monoisotopic (exact) mass is 254 g/mol. The van der Waals surface area contributed by atoms with Crippen LogP contribution in [-0.2, 0) is 20.7 Å². The van der Waals surface area contributed by atoms with Gasteiger partial charge in [-0.1, -0.05) is 12.1 Å². The molecular formula is C12H14O6. The van der Waals surface area contributed by atoms with E-state index in [9.17, 15) is 9.59 Å². The number of phenolic OH excluding ortho intramolecular Hbond substituents is 1. The highest BCUT2D eigenvalue weighted by Gasteiger charge is 2.41. The zero-order valence-electron chi connectivity index (χ0n) is 9.79. The first-order chi connectivity index (χ1) is 8.39. The Morgan fingerprint density at radius 3 is 2.17 bits per heavy atom. The summed E-state index contributed by atoms with van der Waals surface area (Å²) in [7, 11) is 1.16. The lowest BCUT2D eigenvalue weighted by Gasteiger charge is -2.26. The summed E-state index contributed by atoms with van der Waals surface area (Å²) in [6.07, 6.45) is -0.731. The predicted molar refractivity (Wildman–Crippen MR) is 61.4 cm³/mol. The van der Waals surface area contributed by atoms with Crippen LogP contribution in [0.3, 0.4) is 0 Å². The molecule has 98 valence electrons. The predicted octanol–water partition coefficient (Wildman–Crippen LogP) is 0.879. The number of aromatic hydroxyl groups is 1. The van der Waals surface area contributed by atoms with Gasteiger partial charge in [0.15, 0.2) is 5.60 Å². The molecular weight excluding hydrogens is 240 g/mol. The summed E-state index contributed by atoms with van der Waals surface area (Å²) in [6, 6.07) is 5.85. The van der Waals surface area contributed by atoms with E-state index in [2.05, 4.69) is 0 Å². The fourth-order valence-corrected chi connectivity index (χ4v) is 1.63. The first-order valence-electron chi connectivity index (χ1n) is 5.18. The quantitative estimate of drug-likeness (QED) is 0.696. The topological polar surface area (TPSA) is 104 Å². The molecule has 1 aromatic rings. The highest BCUT2D eigenvalue weighted by Crippen LogP contribution is 2.23. The molecule has 6 nitrogen and oxygen atoms in total. The lowest BCUT2D eigenvalue weighted by Crippen LogP contribution is -2.44. The average molecular weight is 254 g/mol. The van der Waals surface area contributed by atoms with Gasteiger partial charge in [-0.2, -0.15) is 0 Å². The Kier molecular flexibility index (Phi) is 4.28. The molecule has 0 amide bonds. The van der Waals surface area contributed by atoms with E-state index in [4.69, 9.17) is 20.1 Å². The number of aliphatic carboxylic acids is 2. The number of carboxylic acids is 2. The van der Waals surface area contributed by atoms with Crippen molar-refractivity contribution in [2.24, 2.45) is 0 Å². The summed E-state index contributed by atoms with van der Waals surface area (Å²) >= 11 is 0. The van der Waals surface area contributed by atoms with E-state index in [1.807, 2.05) is 0 Å². The zero-order valence-corrected chi connectivity index (χ0v) is 9.79. The molecule has 0 saturated heterocycles. The number of carboxylic acid groups (broad SMARTS) is 2. The van der Waals surface area contributed by atoms with Crippen molar-refractivity contribution >= 4 is 11.9 Å². The SMILES string of the molecule is COC(CC(=O)O)(Cc1ccc(O)cc1)C(=O)O. The third-order valence-electron chi connectivity index (χ3n) is 2.64. The molecule has 0 aliphatic heterocycles. The normalized spacial score (nSPS) is 13.8. The van der Waals surface area contributed by atoms with Crippen LogP contribution in [0.2, 0.25) is 0 Å². The lowest BCUT2D eigenvalue weighted by atomic mass is 9.91. The number of rotatable bonds is 6. The zero-order chi connectivity index (χ0) is 13.8. The molecule has 0 spiro atoms. The molecule has 0 fully saturated rings. The molecule has 1 atom stereocenters. The molecule has 6 heteroatoms. The van der Waals surface area contributed by atoms with Gasteiger partial charge in [0, 0.05) is 13.5 Å². The Bertz CT molecular complexity index is 438. The minimum absolute atomic E-state index is 0.0512. The maximum Gasteiger partial charge on any atom is 0.336 e. The summed E-state index contributed by atoms with van der Waals surface area (Å²) in [5.41, 5.74) is -1.23. The minimum atomic E-state index is -1.80. The third-order valence-corrected chi connectivity index (χ3v) is 2.64. The highest BCUT2D eigenvalue weighted by atomic mass is 16.5. The summed E-state index contributed by atoms with van der Waals surface area (Å²) in [4.78, 5) is 22.0. The van der Waals surface area contributed by atoms with Gasteiger partial charge in [-0.15, -0.1) is 0 Å². The average Bonchev–Trinajstić information content (AvgIpc) is 2.30. The van der Waals surface area contributed by atoms with Gasteiger partial charge in [0.05, 0.1) is 6.42 Å². The van der Waals surface area contributed by atoms with Crippen LogP contribution in [0.5, 0.6) is 5.75 Å². The molecule has 0 aliphatic carbocycles. The maximum atomic E-state index is 11.2. The van der Waals surface area contributed by atoms with Crippen LogP contribution >= 0.6 is 0 Å². The number of hydrogen-bond donors (Lipinski definition) is 3. The number of phenols is 1. The van der Waals surface area contributed by atoms with Gasteiger partial charge in [-0.3, -0.25) is 4.79 Å². The van der Waals surface area contributed by atoms with Crippen molar-refractivity contribution in [2.75, 3.05) is 7.11 Å². The number of ether oxygens (including phenoxy) is 1. The van der Waals surface area contributed by atoms with Crippen molar-refractivity contribution in [1.29, 1.82) is 0 Å². The van der Waals surface area contributed by atoms with Gasteiger partial charge >= 0.3 is 11.9 Å². The van der Waals surface area contributed by atoms with Crippen LogP contribution in [-0.4, -0.2) is 40.0 Å². The van der Waals surface area contributed by atoms with E-state index in [0.717, 1.165) is 7.11 Å². The standard InChI is InChI=1S/C12H14O6/c1-18-12(11(16)17,7-10(14)15)6-8-2-4-9(13)5-3-8/h2-5,13H,6-7H2,1H3,(H,14,15)(H,16,17). The van der Waals surface area contributed by atoms with Gasteiger partial charge in [-0.25, -0.2) is 4.79 Å². The van der Waals surface area contributed by atoms with Crippen LogP contribution in [0.15, 0.2) is 24.3 Å². The van der Waals surface area contributed by atoms with E-state index in [-0.39, 0.29) is 12.2 Å². The Hall–Kier alpha value is -2.08. The molecule has 0 aromatic heterocycles. The fourth-order valence-electron chi connectivity index (χ4n) is 1.63. The fraction of sp³-hybridized carbons (Fsp3) is 0.333. The minimum Gasteiger partial charge on any atom is -0.508 e. The number of methoxy groups -OCH3 is 1. The van der Waals surface area contributed by atoms with Gasteiger partial charge in [0.25, 0.3) is 0 Å². The molecule has 0 aliphatic rings. The summed E-state index contributed by atoms with van der Waals surface area (Å²) in [6.45, 7) is 0. The molecule has 1 rings (SSSR count). The third kappa shape index (κ3) is 3.21. The van der Waals surface area contributed by atoms with Crippen LogP contribution in [0.25, 0.3) is 0 Å². The molecule has 3 N–H and O–H groups in total. The smallest absolute Gasteiger partial charge is 0.336 e. The second-order valence-corrected chi connectivity index (χ2v) is 3.92. The second kappa shape index (κ2) is 5.50. The Morgan fingerprint density at radius 1 is 1.22 bits per heavy atom. The Morgan fingerprint density at radius 2 is 1.78 bits per heavy atom. The molecule has 18 heavy (non-hydrogen) atoms. The van der Waals surface area contributed by atoms with Crippen molar-refractivity contribution in [3.8, 4) is 5.75 Å². The van der Waals surface area contributed by atoms with Crippen molar-refractivity contribution in [3.63, 3.8) is 0 Å². The van der Waals surface area contributed by atoms with Crippen molar-refractivity contribution in [1.82, 2.24) is 0 Å². The molecule has 0 bridgehead atoms. The van der Waals surface area contributed by atoms with Crippen molar-refractivity contribution in [3.05, 3.63) is 29.8 Å². The Labute approximate surface area is 103 Å². The van der Waals surface area contributed by atoms with Crippen molar-refractivity contribution in [2.45, 2.75) is 18.4 Å². The van der Waals surface area contributed by atoms with Gasteiger partial charge in [0.1, 0.15) is 5.75 Å². The van der Waals surface area contributed by atoms with Gasteiger partial charge in [0.2, 0.25) is 0 Å². The van der Waals surface area contributed by atoms with Gasteiger partial charge < -0.3 is 20.1 Å². The molecule has 1 aromatic carbocycles.